The van der Waals surface area contributed by atoms with Crippen LogP contribution in [0.4, 0.5) is 0 Å². The van der Waals surface area contributed by atoms with E-state index >= 15 is 0 Å². The fourth-order valence-electron chi connectivity index (χ4n) is 0.827. The Bertz CT molecular complexity index is 105. The van der Waals surface area contributed by atoms with Crippen LogP contribution >= 0.6 is 8.70 Å². The van der Waals surface area contributed by atoms with Crippen molar-refractivity contribution in [2.45, 2.75) is 39.8 Å². The van der Waals surface area contributed by atoms with Crippen LogP contribution < -0.4 is 0 Å². The van der Waals surface area contributed by atoms with E-state index in [1.165, 1.54) is 0 Å². The normalized spacial score (nSPS) is 10.9. The zero-order valence-electron chi connectivity index (χ0n) is 6.55. The molecule has 2 heteroatoms. The Morgan fingerprint density at radius 2 is 1.44 bits per heavy atom. The molecule has 0 amide bonds. The molecule has 0 aromatic carbocycles. The van der Waals surface area contributed by atoms with E-state index in [1.807, 2.05) is 0 Å². The summed E-state index contributed by atoms with van der Waals surface area (Å²) in [5.41, 5.74) is 0. The van der Waals surface area contributed by atoms with Crippen LogP contribution in [0.3, 0.4) is 0 Å². The van der Waals surface area contributed by atoms with Crippen LogP contribution in [0.2, 0.25) is 0 Å². The minimum atomic E-state index is 0.502. The van der Waals surface area contributed by atoms with Crippen molar-refractivity contribution in [3.8, 4) is 5.75 Å². The Morgan fingerprint density at radius 3 is 1.44 bits per heavy atom. The first-order valence-electron chi connectivity index (χ1n) is 3.27. The van der Waals surface area contributed by atoms with Gasteiger partial charge in [0.1, 0.15) is 0 Å². The van der Waals surface area contributed by atoms with Crippen LogP contribution in [0.15, 0.2) is 0 Å². The Hall–Kier alpha value is 0.170. The van der Waals surface area contributed by atoms with E-state index in [0.717, 1.165) is 0 Å². The van der Waals surface area contributed by atoms with Gasteiger partial charge in [0.05, 0.1) is 0 Å². The van der Waals surface area contributed by atoms with E-state index in [0.29, 0.717) is 12.1 Å². The van der Waals surface area contributed by atoms with Crippen molar-refractivity contribution in [3.63, 3.8) is 0 Å². The van der Waals surface area contributed by atoms with Crippen molar-refractivity contribution in [1.82, 2.24) is 4.90 Å². The Kier molecular flexibility index (Phi) is 4.14. The van der Waals surface area contributed by atoms with Crippen LogP contribution in [0.1, 0.15) is 27.7 Å². The van der Waals surface area contributed by atoms with Crippen molar-refractivity contribution in [2.75, 3.05) is 0 Å². The molecule has 0 saturated heterocycles. The molecule has 0 spiro atoms. The number of hydrogen-bond acceptors (Lipinski definition) is 1. The van der Waals surface area contributed by atoms with Gasteiger partial charge >= 0.3 is 59.1 Å². The molecule has 0 aliphatic heterocycles. The molecule has 0 aliphatic rings. The third-order valence-electron chi connectivity index (χ3n) is 1.23. The molecule has 0 bridgehead atoms. The fourth-order valence-corrected chi connectivity index (χ4v) is 1.29. The van der Waals surface area contributed by atoms with Crippen LogP contribution in [0.5, 0.6) is 0 Å². The first kappa shape index (κ1) is 9.17. The summed E-state index contributed by atoms with van der Waals surface area (Å²) in [5.74, 6) is 2.83. The van der Waals surface area contributed by atoms with E-state index in [2.05, 4.69) is 47.0 Å². The average Bonchev–Trinajstić information content (AvgIpc) is 1.64. The maximum absolute atomic E-state index is 3.97. The Morgan fingerprint density at radius 1 is 1.11 bits per heavy atom. The Balaban J connectivity index is 3.87. The summed E-state index contributed by atoms with van der Waals surface area (Å²) < 4.78 is 0. The zero-order chi connectivity index (χ0) is 7.44. The molecular weight excluding hydrogens is 129 g/mol. The molecule has 52 valence electrons. The number of nitrogens with zero attached hydrogens (tertiary/aromatic N) is 1. The van der Waals surface area contributed by atoms with Crippen LogP contribution in [-0.4, -0.2) is 17.0 Å². The predicted molar refractivity (Wildman–Crippen MR) is 42.9 cm³/mol. The number of rotatable bonds is 2. The molecule has 0 N–H and O–H groups in total. The molecule has 0 aromatic heterocycles. The second-order valence-electron chi connectivity index (χ2n) is 2.69. The maximum atomic E-state index is 3.97. The molecule has 9 heavy (non-hydrogen) atoms. The monoisotopic (exact) mass is 143 g/mol. The van der Waals surface area contributed by atoms with Crippen molar-refractivity contribution in [1.29, 1.82) is 0 Å². The molecule has 0 saturated carbocycles. The quantitative estimate of drug-likeness (QED) is 0.424. The minimum absolute atomic E-state index is 0.502. The van der Waals surface area contributed by atoms with Gasteiger partial charge in [-0.2, -0.15) is 0 Å². The fraction of sp³-hybridized carbons (Fsp3) is 0.857. The summed E-state index contributed by atoms with van der Waals surface area (Å²) in [6.45, 7) is 8.51. The summed E-state index contributed by atoms with van der Waals surface area (Å²) in [6, 6.07) is 1.00. The van der Waals surface area contributed by atoms with E-state index in [-0.39, 0.29) is 0 Å². The molecule has 0 rings (SSSR count). The molecule has 0 heterocycles. The zero-order valence-corrected chi connectivity index (χ0v) is 7.44. The molecule has 1 nitrogen and oxygen atoms in total. The van der Waals surface area contributed by atoms with Gasteiger partial charge in [0, 0.05) is 0 Å². The van der Waals surface area contributed by atoms with E-state index in [1.54, 1.807) is 0 Å². The van der Waals surface area contributed by atoms with Gasteiger partial charge in [0.25, 0.3) is 0 Å². The molecule has 0 fully saturated rings. The molecular formula is C7H14NP. The van der Waals surface area contributed by atoms with Gasteiger partial charge in [-0.05, 0) is 0 Å². The van der Waals surface area contributed by atoms with Gasteiger partial charge in [-0.1, -0.05) is 0 Å². The van der Waals surface area contributed by atoms with Crippen LogP contribution in [-0.2, 0) is 0 Å². The SMILES string of the molecule is CC(C)N(C#P)C(C)C. The number of hydrogen-bond donors (Lipinski definition) is 0. The first-order valence-corrected chi connectivity index (χ1v) is 3.72. The topological polar surface area (TPSA) is 3.24 Å². The van der Waals surface area contributed by atoms with E-state index in [4.69, 9.17) is 0 Å². The van der Waals surface area contributed by atoms with Gasteiger partial charge < -0.3 is 0 Å². The van der Waals surface area contributed by atoms with Crippen LogP contribution in [0.25, 0.3) is 0 Å². The van der Waals surface area contributed by atoms with Crippen molar-refractivity contribution in [2.24, 2.45) is 0 Å². The summed E-state index contributed by atoms with van der Waals surface area (Å²) in [5, 5.41) is 0. The standard InChI is InChI=1S/C7H14NP/c1-6(2)8(5-9)7(3)4/h6-7H,1-4H3. The van der Waals surface area contributed by atoms with Crippen molar-refractivity contribution in [3.05, 3.63) is 0 Å². The third-order valence-corrected chi connectivity index (χ3v) is 1.46. The van der Waals surface area contributed by atoms with Gasteiger partial charge in [-0.25, -0.2) is 0 Å². The summed E-state index contributed by atoms with van der Waals surface area (Å²) in [6.07, 6.45) is 0. The molecule has 0 radical (unpaired) electrons. The summed E-state index contributed by atoms with van der Waals surface area (Å²) >= 11 is 0. The first-order chi connectivity index (χ1) is 4.09. The average molecular weight is 143 g/mol. The van der Waals surface area contributed by atoms with Gasteiger partial charge in [0.15, 0.2) is 0 Å². The summed E-state index contributed by atoms with van der Waals surface area (Å²) in [4.78, 5) is 2.07. The molecule has 0 aliphatic carbocycles. The van der Waals surface area contributed by atoms with Gasteiger partial charge in [0.2, 0.25) is 0 Å². The van der Waals surface area contributed by atoms with E-state index < -0.39 is 0 Å². The second kappa shape index (κ2) is 4.06. The van der Waals surface area contributed by atoms with Crippen molar-refractivity contribution >= 4 is 8.70 Å². The predicted octanol–water partition coefficient (Wildman–Crippen LogP) is 2.43. The third kappa shape index (κ3) is 3.01. The summed E-state index contributed by atoms with van der Waals surface area (Å²) in [7, 11) is 3.97. The van der Waals surface area contributed by atoms with Crippen LogP contribution in [0, 0.1) is 5.75 Å². The second-order valence-corrected chi connectivity index (χ2v) is 2.89. The molecule has 0 aromatic rings. The van der Waals surface area contributed by atoms with Crippen molar-refractivity contribution < 1.29 is 0 Å². The van der Waals surface area contributed by atoms with Gasteiger partial charge in [-0.15, -0.1) is 0 Å². The molecule has 0 atom stereocenters. The Labute approximate surface area is 59.9 Å². The van der Waals surface area contributed by atoms with E-state index in [9.17, 15) is 0 Å². The molecule has 0 unspecified atom stereocenters. The van der Waals surface area contributed by atoms with Gasteiger partial charge in [-0.3, -0.25) is 0 Å².